The van der Waals surface area contributed by atoms with Crippen molar-refractivity contribution in [3.05, 3.63) is 34.1 Å². The van der Waals surface area contributed by atoms with E-state index in [1.54, 1.807) is 0 Å². The highest BCUT2D eigenvalue weighted by Gasteiger charge is 2.18. The summed E-state index contributed by atoms with van der Waals surface area (Å²) in [5, 5.41) is 8.56. The third-order valence-corrected chi connectivity index (χ3v) is 2.74. The summed E-state index contributed by atoms with van der Waals surface area (Å²) in [4.78, 5) is 22.2. The molecule has 1 N–H and O–H groups in total. The summed E-state index contributed by atoms with van der Waals surface area (Å²) in [6.07, 6.45) is -0.228. The van der Waals surface area contributed by atoms with E-state index < -0.39 is 17.7 Å². The van der Waals surface area contributed by atoms with Crippen molar-refractivity contribution in [1.29, 1.82) is 0 Å². The Balaban J connectivity index is 2.88. The number of benzene rings is 1. The summed E-state index contributed by atoms with van der Waals surface area (Å²) >= 11 is 2.97. The van der Waals surface area contributed by atoms with E-state index in [2.05, 4.69) is 15.9 Å². The van der Waals surface area contributed by atoms with Gasteiger partial charge in [-0.3, -0.25) is 9.59 Å². The second kappa shape index (κ2) is 5.21. The fourth-order valence-electron chi connectivity index (χ4n) is 1.29. The van der Waals surface area contributed by atoms with Crippen molar-refractivity contribution < 1.29 is 19.1 Å². The number of halogens is 2. The molecule has 0 saturated heterocycles. The number of carboxylic acid groups (broad SMARTS) is 1. The van der Waals surface area contributed by atoms with Crippen LogP contribution >= 0.6 is 15.9 Å². The predicted molar refractivity (Wildman–Crippen MR) is 59.8 cm³/mol. The highest BCUT2D eigenvalue weighted by atomic mass is 79.9. The van der Waals surface area contributed by atoms with E-state index in [0.717, 1.165) is 0 Å². The average molecular weight is 289 g/mol. The second-order valence-corrected chi connectivity index (χ2v) is 4.35. The van der Waals surface area contributed by atoms with Crippen LogP contribution in [0, 0.1) is 11.7 Å². The van der Waals surface area contributed by atoms with Gasteiger partial charge in [0.05, 0.1) is 10.9 Å². The first kappa shape index (κ1) is 12.8. The molecule has 0 amide bonds. The molecule has 1 unspecified atom stereocenters. The Labute approximate surface area is 100 Å². The van der Waals surface area contributed by atoms with Crippen molar-refractivity contribution in [2.45, 2.75) is 13.3 Å². The minimum Gasteiger partial charge on any atom is -0.481 e. The van der Waals surface area contributed by atoms with Gasteiger partial charge in [0.15, 0.2) is 5.78 Å². The number of carbonyl (C=O) groups is 2. The highest BCUT2D eigenvalue weighted by Crippen LogP contribution is 2.20. The van der Waals surface area contributed by atoms with Crippen LogP contribution in [0.25, 0.3) is 0 Å². The molecule has 0 aromatic heterocycles. The summed E-state index contributed by atoms with van der Waals surface area (Å²) in [7, 11) is 0. The highest BCUT2D eigenvalue weighted by molar-refractivity contribution is 9.10. The summed E-state index contributed by atoms with van der Waals surface area (Å²) in [5.74, 6) is -2.40. The lowest BCUT2D eigenvalue weighted by Gasteiger charge is -2.08. The van der Waals surface area contributed by atoms with Crippen molar-refractivity contribution >= 4 is 27.7 Å². The zero-order valence-electron chi connectivity index (χ0n) is 8.54. The summed E-state index contributed by atoms with van der Waals surface area (Å²) in [6.45, 7) is 1.54. The van der Waals surface area contributed by atoms with Crippen molar-refractivity contribution in [2.24, 2.45) is 5.92 Å². The first-order valence-electron chi connectivity index (χ1n) is 4.63. The lowest BCUT2D eigenvalue weighted by atomic mass is 9.96. The van der Waals surface area contributed by atoms with Gasteiger partial charge in [0.25, 0.3) is 0 Å². The standard InChI is InChI=1S/C11H10BrFO3/c1-6(4-10(14)15)11(16)7-2-3-9(13)8(12)5-7/h2-3,5-6H,4H2,1H3,(H,14,15). The van der Waals surface area contributed by atoms with E-state index in [4.69, 9.17) is 5.11 Å². The van der Waals surface area contributed by atoms with E-state index in [-0.39, 0.29) is 16.7 Å². The monoisotopic (exact) mass is 288 g/mol. The molecule has 0 aliphatic heterocycles. The first-order chi connectivity index (χ1) is 7.41. The number of hydrogen-bond acceptors (Lipinski definition) is 2. The van der Waals surface area contributed by atoms with Crippen LogP contribution in [-0.2, 0) is 4.79 Å². The zero-order chi connectivity index (χ0) is 12.3. The first-order valence-corrected chi connectivity index (χ1v) is 5.42. The number of aliphatic carboxylic acids is 1. The van der Waals surface area contributed by atoms with Gasteiger partial charge in [-0.2, -0.15) is 0 Å². The Morgan fingerprint density at radius 3 is 2.62 bits per heavy atom. The Morgan fingerprint density at radius 1 is 1.50 bits per heavy atom. The van der Waals surface area contributed by atoms with Crippen LogP contribution in [0.5, 0.6) is 0 Å². The van der Waals surface area contributed by atoms with E-state index in [1.165, 1.54) is 25.1 Å². The van der Waals surface area contributed by atoms with Crippen LogP contribution in [-0.4, -0.2) is 16.9 Å². The molecule has 0 fully saturated rings. The molecule has 0 spiro atoms. The van der Waals surface area contributed by atoms with E-state index in [9.17, 15) is 14.0 Å². The van der Waals surface area contributed by atoms with Crippen LogP contribution in [0.3, 0.4) is 0 Å². The number of carbonyl (C=O) groups excluding carboxylic acids is 1. The van der Waals surface area contributed by atoms with Crippen molar-refractivity contribution in [2.75, 3.05) is 0 Å². The molecule has 0 heterocycles. The lowest BCUT2D eigenvalue weighted by Crippen LogP contribution is -2.15. The summed E-state index contributed by atoms with van der Waals surface area (Å²) < 4.78 is 13.1. The van der Waals surface area contributed by atoms with Crippen LogP contribution in [0.1, 0.15) is 23.7 Å². The Bertz CT molecular complexity index is 431. The van der Waals surface area contributed by atoms with Crippen LogP contribution in [0.4, 0.5) is 4.39 Å². The zero-order valence-corrected chi connectivity index (χ0v) is 10.1. The van der Waals surface area contributed by atoms with Gasteiger partial charge >= 0.3 is 5.97 Å². The summed E-state index contributed by atoms with van der Waals surface area (Å²) in [5.41, 5.74) is 0.307. The number of rotatable bonds is 4. The third-order valence-electron chi connectivity index (χ3n) is 2.13. The lowest BCUT2D eigenvalue weighted by molar-refractivity contribution is -0.137. The molecule has 16 heavy (non-hydrogen) atoms. The maximum absolute atomic E-state index is 12.9. The molecule has 0 bridgehead atoms. The minimum absolute atomic E-state index is 0.195. The predicted octanol–water partition coefficient (Wildman–Crippen LogP) is 2.88. The third kappa shape index (κ3) is 3.13. The van der Waals surface area contributed by atoms with Crippen molar-refractivity contribution in [3.8, 4) is 0 Å². The Morgan fingerprint density at radius 2 is 2.12 bits per heavy atom. The molecule has 1 rings (SSSR count). The molecular formula is C11H10BrFO3. The van der Waals surface area contributed by atoms with Crippen LogP contribution in [0.15, 0.2) is 22.7 Å². The molecule has 86 valence electrons. The molecule has 1 aromatic rings. The Kier molecular flexibility index (Phi) is 4.18. The largest absolute Gasteiger partial charge is 0.481 e. The van der Waals surface area contributed by atoms with Gasteiger partial charge in [-0.1, -0.05) is 6.92 Å². The Hall–Kier alpha value is -1.23. The van der Waals surface area contributed by atoms with Crippen LogP contribution in [0.2, 0.25) is 0 Å². The van der Waals surface area contributed by atoms with Gasteiger partial charge in [-0.25, -0.2) is 4.39 Å². The number of Topliss-reactive ketones (excluding diaryl/α,β-unsaturated/α-hetero) is 1. The van der Waals surface area contributed by atoms with Gasteiger partial charge in [0, 0.05) is 11.5 Å². The molecule has 0 aliphatic rings. The summed E-state index contributed by atoms with van der Waals surface area (Å²) in [6, 6.07) is 3.88. The normalized spacial score (nSPS) is 12.2. The average Bonchev–Trinajstić information content (AvgIpc) is 2.20. The smallest absolute Gasteiger partial charge is 0.304 e. The minimum atomic E-state index is -1.03. The maximum Gasteiger partial charge on any atom is 0.304 e. The topological polar surface area (TPSA) is 54.4 Å². The molecule has 1 atom stereocenters. The number of hydrogen-bond donors (Lipinski definition) is 1. The fourth-order valence-corrected chi connectivity index (χ4v) is 1.67. The van der Waals surface area contributed by atoms with Gasteiger partial charge < -0.3 is 5.11 Å². The van der Waals surface area contributed by atoms with Gasteiger partial charge in [0.2, 0.25) is 0 Å². The SMILES string of the molecule is CC(CC(=O)O)C(=O)c1ccc(F)c(Br)c1. The number of ketones is 1. The molecule has 1 aromatic carbocycles. The molecule has 0 saturated carbocycles. The van der Waals surface area contributed by atoms with Gasteiger partial charge in [-0.15, -0.1) is 0 Å². The molecule has 5 heteroatoms. The van der Waals surface area contributed by atoms with Crippen LogP contribution < -0.4 is 0 Å². The van der Waals surface area contributed by atoms with E-state index in [1.807, 2.05) is 0 Å². The van der Waals surface area contributed by atoms with E-state index >= 15 is 0 Å². The fraction of sp³-hybridized carbons (Fsp3) is 0.273. The maximum atomic E-state index is 12.9. The molecule has 0 aliphatic carbocycles. The number of carboxylic acids is 1. The second-order valence-electron chi connectivity index (χ2n) is 3.49. The molecule has 0 radical (unpaired) electrons. The van der Waals surface area contributed by atoms with Gasteiger partial charge in [-0.05, 0) is 34.1 Å². The van der Waals surface area contributed by atoms with E-state index in [0.29, 0.717) is 5.56 Å². The van der Waals surface area contributed by atoms with Crippen molar-refractivity contribution in [1.82, 2.24) is 0 Å². The quantitative estimate of drug-likeness (QED) is 0.867. The molecular weight excluding hydrogens is 279 g/mol. The van der Waals surface area contributed by atoms with Crippen molar-refractivity contribution in [3.63, 3.8) is 0 Å². The van der Waals surface area contributed by atoms with Gasteiger partial charge in [0.1, 0.15) is 5.82 Å². The molecule has 3 nitrogen and oxygen atoms in total.